The normalized spacial score (nSPS) is 16.2. The van der Waals surface area contributed by atoms with E-state index in [1.165, 1.54) is 22.3 Å². The van der Waals surface area contributed by atoms with Crippen LogP contribution in [-0.4, -0.2) is 38.1 Å². The number of hydrogen-bond acceptors (Lipinski definition) is 4. The van der Waals surface area contributed by atoms with E-state index >= 15 is 0 Å². The molecule has 0 aliphatic carbocycles. The maximum Gasteiger partial charge on any atom is 0.261 e. The van der Waals surface area contributed by atoms with Crippen molar-refractivity contribution in [1.82, 2.24) is 4.90 Å². The Balaban J connectivity index is 1.74. The topological polar surface area (TPSA) is 42.0 Å². The summed E-state index contributed by atoms with van der Waals surface area (Å²) in [4.78, 5) is 18.1. The van der Waals surface area contributed by atoms with Gasteiger partial charge in [-0.05, 0) is 73.4 Å². The first-order valence-electron chi connectivity index (χ1n) is 16.8. The molecule has 0 saturated carbocycles. The number of anilines is 2. The highest BCUT2D eigenvalue weighted by molar-refractivity contribution is 6.01. The highest BCUT2D eigenvalue weighted by atomic mass is 16.5. The van der Waals surface area contributed by atoms with Crippen molar-refractivity contribution in [1.29, 1.82) is 0 Å². The zero-order valence-electron chi connectivity index (χ0n) is 29.1. The van der Waals surface area contributed by atoms with Crippen molar-refractivity contribution < 1.29 is 14.3 Å². The highest BCUT2D eigenvalue weighted by Gasteiger charge is 2.32. The summed E-state index contributed by atoms with van der Waals surface area (Å²) >= 11 is 0. The number of methoxy groups -OCH3 is 2. The molecular formula is C41H52N2O3. The summed E-state index contributed by atoms with van der Waals surface area (Å²) in [6.07, 6.45) is 13.0. The summed E-state index contributed by atoms with van der Waals surface area (Å²) in [5, 5.41) is 0. The Bertz CT molecular complexity index is 1540. The van der Waals surface area contributed by atoms with Crippen molar-refractivity contribution in [3.05, 3.63) is 113 Å². The molecule has 2 unspecified atom stereocenters. The number of carbonyl (C=O) groups is 1. The van der Waals surface area contributed by atoms with Crippen molar-refractivity contribution in [3.8, 4) is 11.5 Å². The average Bonchev–Trinajstić information content (AvgIpc) is 3.59. The molecule has 46 heavy (non-hydrogen) atoms. The molecule has 0 radical (unpaired) electrons. The molecule has 1 saturated heterocycles. The molecule has 2 atom stereocenters. The van der Waals surface area contributed by atoms with E-state index in [0.29, 0.717) is 42.0 Å². The quantitative estimate of drug-likeness (QED) is 0.178. The van der Waals surface area contributed by atoms with Gasteiger partial charge in [0, 0.05) is 43.0 Å². The van der Waals surface area contributed by atoms with Crippen molar-refractivity contribution in [3.63, 3.8) is 0 Å². The molecule has 1 aliphatic heterocycles. The Hall–Kier alpha value is -4.25. The number of allylic oxidation sites excluding steroid dienone is 5. The summed E-state index contributed by atoms with van der Waals surface area (Å²) in [5.41, 5.74) is 8.51. The lowest BCUT2D eigenvalue weighted by Gasteiger charge is -2.27. The minimum Gasteiger partial charge on any atom is -0.496 e. The zero-order valence-corrected chi connectivity index (χ0v) is 29.1. The van der Waals surface area contributed by atoms with E-state index in [4.69, 9.17) is 9.47 Å². The number of benzene rings is 3. The van der Waals surface area contributed by atoms with Crippen LogP contribution in [0.3, 0.4) is 0 Å². The van der Waals surface area contributed by atoms with Gasteiger partial charge in [-0.2, -0.15) is 0 Å². The highest BCUT2D eigenvalue weighted by Crippen LogP contribution is 2.41. The second kappa shape index (κ2) is 16.4. The van der Waals surface area contributed by atoms with Crippen LogP contribution < -0.4 is 14.4 Å². The maximum absolute atomic E-state index is 14.0. The third-order valence-electron chi connectivity index (χ3n) is 9.07. The molecule has 5 nitrogen and oxygen atoms in total. The summed E-state index contributed by atoms with van der Waals surface area (Å²) in [6.45, 7) is 14.5. The van der Waals surface area contributed by atoms with Gasteiger partial charge in [0.25, 0.3) is 5.91 Å². The number of hydrogen-bond donors (Lipinski definition) is 0. The number of rotatable bonds is 13. The van der Waals surface area contributed by atoms with Gasteiger partial charge in [-0.3, -0.25) is 4.79 Å². The van der Waals surface area contributed by atoms with Crippen LogP contribution in [0.1, 0.15) is 93.3 Å². The first kappa shape index (κ1) is 34.6. The van der Waals surface area contributed by atoms with Crippen LogP contribution in [-0.2, 0) is 0 Å². The Morgan fingerprint density at radius 3 is 2.30 bits per heavy atom. The van der Waals surface area contributed by atoms with Crippen LogP contribution in [0.15, 0.2) is 90.7 Å². The van der Waals surface area contributed by atoms with Crippen molar-refractivity contribution in [2.24, 2.45) is 5.92 Å². The summed E-state index contributed by atoms with van der Waals surface area (Å²) in [5.74, 6) is 1.77. The predicted molar refractivity (Wildman–Crippen MR) is 193 cm³/mol. The minimum atomic E-state index is -0.0631. The van der Waals surface area contributed by atoms with Crippen LogP contribution in [0.4, 0.5) is 11.4 Å². The predicted octanol–water partition coefficient (Wildman–Crippen LogP) is 10.5. The summed E-state index contributed by atoms with van der Waals surface area (Å²) < 4.78 is 11.8. The number of likely N-dealkylation sites (tertiary alicyclic amines) is 1. The lowest BCUT2D eigenvalue weighted by Crippen LogP contribution is -2.29. The van der Waals surface area contributed by atoms with Gasteiger partial charge in [0.15, 0.2) is 0 Å². The van der Waals surface area contributed by atoms with E-state index in [1.807, 2.05) is 23.1 Å². The molecule has 1 amide bonds. The molecule has 0 spiro atoms. The van der Waals surface area contributed by atoms with Gasteiger partial charge in [-0.25, -0.2) is 0 Å². The molecular weight excluding hydrogens is 568 g/mol. The molecule has 5 heteroatoms. The van der Waals surface area contributed by atoms with E-state index in [1.54, 1.807) is 14.2 Å². The first-order chi connectivity index (χ1) is 22.2. The van der Waals surface area contributed by atoms with Crippen LogP contribution in [0.2, 0.25) is 0 Å². The Morgan fingerprint density at radius 1 is 1.02 bits per heavy atom. The van der Waals surface area contributed by atoms with Crippen molar-refractivity contribution >= 4 is 22.9 Å². The molecule has 1 heterocycles. The standard InChI is InChI=1S/C41H52N2O3/c1-9-12-16-33(23-29(4)10-2)34-19-20-37(31(6)24-34)43(27-30(5)11-3)36-25-38(45-7)40(39(26-36)46-8)41(44)42-22-21-35(28-42)32-17-14-13-15-18-32/h12-20,23-27,29,35H,9-11,21-22,28H2,1-8H3/b16-12+,30-27-,33-23+. The van der Waals surface area contributed by atoms with Gasteiger partial charge >= 0.3 is 0 Å². The molecule has 3 aromatic rings. The van der Waals surface area contributed by atoms with E-state index in [0.717, 1.165) is 42.6 Å². The van der Waals surface area contributed by atoms with E-state index in [2.05, 4.69) is 113 Å². The average molecular weight is 621 g/mol. The lowest BCUT2D eigenvalue weighted by molar-refractivity contribution is 0.0784. The number of amides is 1. The first-order valence-corrected chi connectivity index (χ1v) is 16.8. The smallest absolute Gasteiger partial charge is 0.261 e. The molecule has 0 aromatic heterocycles. The summed E-state index contributed by atoms with van der Waals surface area (Å²) in [7, 11) is 3.25. The molecule has 0 N–H and O–H groups in total. The minimum absolute atomic E-state index is 0.0631. The van der Waals surface area contributed by atoms with Gasteiger partial charge in [0.05, 0.1) is 19.9 Å². The third kappa shape index (κ3) is 8.12. The van der Waals surface area contributed by atoms with Gasteiger partial charge in [-0.1, -0.05) is 94.3 Å². The molecule has 4 rings (SSSR count). The Morgan fingerprint density at radius 2 is 1.72 bits per heavy atom. The van der Waals surface area contributed by atoms with Gasteiger partial charge < -0.3 is 19.3 Å². The molecule has 1 fully saturated rings. The van der Waals surface area contributed by atoms with E-state index < -0.39 is 0 Å². The van der Waals surface area contributed by atoms with Crippen LogP contribution in [0.25, 0.3) is 5.57 Å². The maximum atomic E-state index is 14.0. The fourth-order valence-corrected chi connectivity index (χ4v) is 5.97. The van der Waals surface area contributed by atoms with Crippen molar-refractivity contribution in [2.45, 2.75) is 73.1 Å². The molecule has 3 aromatic carbocycles. The monoisotopic (exact) mass is 620 g/mol. The van der Waals surface area contributed by atoms with E-state index in [-0.39, 0.29) is 5.91 Å². The number of ether oxygens (including phenoxy) is 2. The largest absolute Gasteiger partial charge is 0.496 e. The SMILES string of the molecule is CC/C=C/C(=C\C(C)CC)c1ccc(N(/C=C(/C)CC)c2cc(OC)c(C(=O)N3CCC(c4ccccc4)C3)c(OC)c2)c(C)c1. The fourth-order valence-electron chi connectivity index (χ4n) is 5.97. The Labute approximate surface area is 277 Å². The number of nitrogens with zero attached hydrogens (tertiary/aromatic N) is 2. The summed E-state index contributed by atoms with van der Waals surface area (Å²) in [6, 6.07) is 21.1. The van der Waals surface area contributed by atoms with Gasteiger partial charge in [0.1, 0.15) is 17.1 Å². The van der Waals surface area contributed by atoms with Gasteiger partial charge in [0.2, 0.25) is 0 Å². The molecule has 0 bridgehead atoms. The molecule has 1 aliphatic rings. The van der Waals surface area contributed by atoms with Gasteiger partial charge in [-0.15, -0.1) is 0 Å². The van der Waals surface area contributed by atoms with Crippen LogP contribution >= 0.6 is 0 Å². The number of aryl methyl sites for hydroxylation is 1. The third-order valence-corrected chi connectivity index (χ3v) is 9.07. The molecule has 244 valence electrons. The van der Waals surface area contributed by atoms with E-state index in [9.17, 15) is 4.79 Å². The lowest BCUT2D eigenvalue weighted by atomic mass is 9.96. The van der Waals surface area contributed by atoms with Crippen LogP contribution in [0.5, 0.6) is 11.5 Å². The Kier molecular flexibility index (Phi) is 12.3. The zero-order chi connectivity index (χ0) is 33.2. The second-order valence-electron chi connectivity index (χ2n) is 12.4. The fraction of sp³-hybridized carbons (Fsp3) is 0.390. The van der Waals surface area contributed by atoms with Crippen molar-refractivity contribution in [2.75, 3.05) is 32.2 Å². The number of carbonyl (C=O) groups excluding carboxylic acids is 1. The van der Waals surface area contributed by atoms with Crippen LogP contribution in [0, 0.1) is 12.8 Å². The second-order valence-corrected chi connectivity index (χ2v) is 12.4.